The normalized spacial score (nSPS) is 11.3. The van der Waals surface area contributed by atoms with Crippen LogP contribution in [0.4, 0.5) is 15.8 Å². The molecule has 1 heterocycles. The highest BCUT2D eigenvalue weighted by Gasteiger charge is 2.18. The molecule has 19 heavy (non-hydrogen) atoms. The lowest BCUT2D eigenvalue weighted by Gasteiger charge is -2.10. The van der Waals surface area contributed by atoms with E-state index in [-0.39, 0.29) is 16.3 Å². The van der Waals surface area contributed by atoms with E-state index in [2.05, 4.69) is 9.71 Å². The Morgan fingerprint density at radius 3 is 2.68 bits per heavy atom. The quantitative estimate of drug-likeness (QED) is 0.784. The molecule has 0 aliphatic heterocycles. The zero-order valence-corrected chi connectivity index (χ0v) is 12.4. The fourth-order valence-electron chi connectivity index (χ4n) is 1.39. The first-order valence-electron chi connectivity index (χ1n) is 5.07. The number of sulfonamides is 1. The number of benzene rings is 1. The first-order chi connectivity index (χ1) is 8.90. The highest BCUT2D eigenvalue weighted by molar-refractivity contribution is 14.1. The minimum atomic E-state index is -3.84. The number of nitrogens with zero attached hydrogens (tertiary/aromatic N) is 1. The van der Waals surface area contributed by atoms with Crippen molar-refractivity contribution in [2.24, 2.45) is 0 Å². The highest BCUT2D eigenvalue weighted by atomic mass is 127. The summed E-state index contributed by atoms with van der Waals surface area (Å²) in [6.07, 6.45) is 2.56. The molecular weight excluding hydrogens is 384 g/mol. The summed E-state index contributed by atoms with van der Waals surface area (Å²) in [5.41, 5.74) is 5.98. The van der Waals surface area contributed by atoms with Gasteiger partial charge in [-0.05, 0) is 46.9 Å². The monoisotopic (exact) mass is 393 g/mol. The third-order valence-corrected chi connectivity index (χ3v) is 4.58. The minimum absolute atomic E-state index is 0.0969. The van der Waals surface area contributed by atoms with Gasteiger partial charge in [-0.25, -0.2) is 12.8 Å². The first-order valence-corrected chi connectivity index (χ1v) is 7.64. The van der Waals surface area contributed by atoms with E-state index in [0.717, 1.165) is 6.20 Å². The molecule has 100 valence electrons. The number of anilines is 2. The maximum absolute atomic E-state index is 13.0. The van der Waals surface area contributed by atoms with E-state index in [9.17, 15) is 12.8 Å². The van der Waals surface area contributed by atoms with Crippen LogP contribution in [-0.2, 0) is 10.0 Å². The van der Waals surface area contributed by atoms with Crippen LogP contribution < -0.4 is 10.5 Å². The lowest BCUT2D eigenvalue weighted by atomic mass is 10.3. The summed E-state index contributed by atoms with van der Waals surface area (Å²) < 4.78 is 40.0. The summed E-state index contributed by atoms with van der Waals surface area (Å²) in [5.74, 6) is -0.437. The number of pyridine rings is 1. The Morgan fingerprint density at radius 1 is 1.32 bits per heavy atom. The molecule has 0 amide bonds. The standard InChI is InChI=1S/C11H9FIN3O2S/c12-7-1-2-10(8(13)5-7)16-19(17,18)11-6-15-4-3-9(11)14/h1-6,16H,(H2,14,15). The Morgan fingerprint density at radius 2 is 2.05 bits per heavy atom. The van der Waals surface area contributed by atoms with Crippen molar-refractivity contribution in [3.8, 4) is 0 Å². The zero-order valence-electron chi connectivity index (χ0n) is 9.47. The first kappa shape index (κ1) is 14.0. The molecule has 2 rings (SSSR count). The maximum Gasteiger partial charge on any atom is 0.265 e. The predicted molar refractivity (Wildman–Crippen MR) is 78.6 cm³/mol. The van der Waals surface area contributed by atoms with Gasteiger partial charge >= 0.3 is 0 Å². The van der Waals surface area contributed by atoms with Crippen LogP contribution in [0.5, 0.6) is 0 Å². The Balaban J connectivity index is 2.40. The van der Waals surface area contributed by atoms with E-state index < -0.39 is 15.8 Å². The topological polar surface area (TPSA) is 85.1 Å². The van der Waals surface area contributed by atoms with Crippen molar-refractivity contribution in [2.45, 2.75) is 4.90 Å². The van der Waals surface area contributed by atoms with Crippen molar-refractivity contribution in [1.29, 1.82) is 0 Å². The van der Waals surface area contributed by atoms with Crippen LogP contribution in [0.2, 0.25) is 0 Å². The number of aromatic nitrogens is 1. The van der Waals surface area contributed by atoms with E-state index in [0.29, 0.717) is 3.57 Å². The van der Waals surface area contributed by atoms with Crippen LogP contribution >= 0.6 is 22.6 Å². The Hall–Kier alpha value is -1.42. The average Bonchev–Trinajstić information content (AvgIpc) is 2.33. The molecule has 2 aromatic rings. The van der Waals surface area contributed by atoms with Gasteiger partial charge in [0, 0.05) is 16.0 Å². The van der Waals surface area contributed by atoms with Gasteiger partial charge in [0.05, 0.1) is 11.4 Å². The molecule has 0 unspecified atom stereocenters. The summed E-state index contributed by atoms with van der Waals surface area (Å²) in [4.78, 5) is 3.61. The van der Waals surface area contributed by atoms with Gasteiger partial charge in [-0.15, -0.1) is 0 Å². The molecule has 3 N–H and O–H groups in total. The van der Waals surface area contributed by atoms with Crippen molar-refractivity contribution >= 4 is 44.0 Å². The molecule has 0 aliphatic carbocycles. The lowest BCUT2D eigenvalue weighted by Crippen LogP contribution is -2.15. The van der Waals surface area contributed by atoms with Gasteiger partial charge < -0.3 is 5.73 Å². The second-order valence-electron chi connectivity index (χ2n) is 3.64. The second kappa shape index (κ2) is 5.29. The molecule has 5 nitrogen and oxygen atoms in total. The van der Waals surface area contributed by atoms with Crippen molar-refractivity contribution in [2.75, 3.05) is 10.5 Å². The van der Waals surface area contributed by atoms with Crippen LogP contribution in [0.1, 0.15) is 0 Å². The average molecular weight is 393 g/mol. The SMILES string of the molecule is Nc1ccncc1S(=O)(=O)Nc1ccc(F)cc1I. The molecule has 0 aliphatic rings. The molecule has 0 fully saturated rings. The van der Waals surface area contributed by atoms with Crippen LogP contribution in [0.3, 0.4) is 0 Å². The number of rotatable bonds is 3. The van der Waals surface area contributed by atoms with E-state index in [1.807, 2.05) is 22.6 Å². The minimum Gasteiger partial charge on any atom is -0.398 e. The Bertz CT molecular complexity index is 722. The van der Waals surface area contributed by atoms with E-state index >= 15 is 0 Å². The van der Waals surface area contributed by atoms with Crippen LogP contribution in [-0.4, -0.2) is 13.4 Å². The van der Waals surface area contributed by atoms with E-state index in [4.69, 9.17) is 5.73 Å². The second-order valence-corrected chi connectivity index (χ2v) is 6.46. The van der Waals surface area contributed by atoms with E-state index in [1.165, 1.54) is 30.5 Å². The number of nitrogens with two attached hydrogens (primary N) is 1. The molecule has 0 bridgehead atoms. The summed E-state index contributed by atoms with van der Waals surface area (Å²) in [6, 6.07) is 5.14. The molecule has 1 aromatic carbocycles. The number of nitrogen functional groups attached to an aromatic ring is 1. The number of hydrogen-bond acceptors (Lipinski definition) is 4. The summed E-state index contributed by atoms with van der Waals surface area (Å²) in [7, 11) is -3.84. The van der Waals surface area contributed by atoms with Gasteiger partial charge in [-0.2, -0.15) is 0 Å². The molecular formula is C11H9FIN3O2S. The third kappa shape index (κ3) is 3.13. The summed E-state index contributed by atoms with van der Waals surface area (Å²) in [5, 5.41) is 0. The zero-order chi connectivity index (χ0) is 14.0. The molecule has 0 saturated heterocycles. The molecule has 8 heteroatoms. The van der Waals surface area contributed by atoms with Gasteiger partial charge in [-0.3, -0.25) is 9.71 Å². The smallest absolute Gasteiger partial charge is 0.265 e. The van der Waals surface area contributed by atoms with Crippen molar-refractivity contribution in [1.82, 2.24) is 4.98 Å². The van der Waals surface area contributed by atoms with Gasteiger partial charge in [0.25, 0.3) is 10.0 Å². The fraction of sp³-hybridized carbons (Fsp3) is 0. The largest absolute Gasteiger partial charge is 0.398 e. The number of halogens is 2. The fourth-order valence-corrected chi connectivity index (χ4v) is 3.34. The van der Waals surface area contributed by atoms with Gasteiger partial charge in [0.2, 0.25) is 0 Å². The molecule has 0 atom stereocenters. The van der Waals surface area contributed by atoms with Crippen molar-refractivity contribution in [3.05, 3.63) is 46.0 Å². The van der Waals surface area contributed by atoms with Gasteiger partial charge in [0.1, 0.15) is 10.7 Å². The summed E-state index contributed by atoms with van der Waals surface area (Å²) in [6.45, 7) is 0. The van der Waals surface area contributed by atoms with Gasteiger partial charge in [0.15, 0.2) is 0 Å². The van der Waals surface area contributed by atoms with Crippen LogP contribution in [0.25, 0.3) is 0 Å². The Labute approximate surface area is 123 Å². The highest BCUT2D eigenvalue weighted by Crippen LogP contribution is 2.24. The predicted octanol–water partition coefficient (Wildman–Crippen LogP) is 2.21. The van der Waals surface area contributed by atoms with E-state index in [1.54, 1.807) is 0 Å². The molecule has 0 radical (unpaired) electrons. The molecule has 0 spiro atoms. The van der Waals surface area contributed by atoms with Crippen molar-refractivity contribution < 1.29 is 12.8 Å². The molecule has 0 saturated carbocycles. The Kier molecular flexibility index (Phi) is 3.90. The molecule has 1 aromatic heterocycles. The third-order valence-electron chi connectivity index (χ3n) is 2.28. The number of nitrogens with one attached hydrogen (secondary N) is 1. The van der Waals surface area contributed by atoms with Gasteiger partial charge in [-0.1, -0.05) is 0 Å². The van der Waals surface area contributed by atoms with Crippen LogP contribution in [0, 0.1) is 9.39 Å². The number of hydrogen-bond donors (Lipinski definition) is 2. The maximum atomic E-state index is 13.0. The van der Waals surface area contributed by atoms with Crippen LogP contribution in [0.15, 0.2) is 41.6 Å². The summed E-state index contributed by atoms with van der Waals surface area (Å²) >= 11 is 1.84. The lowest BCUT2D eigenvalue weighted by molar-refractivity contribution is 0.601. The van der Waals surface area contributed by atoms with Crippen molar-refractivity contribution in [3.63, 3.8) is 0 Å².